The van der Waals surface area contributed by atoms with Gasteiger partial charge in [-0.05, 0) is 12.1 Å². The Kier molecular flexibility index (Phi) is 3.50. The summed E-state index contributed by atoms with van der Waals surface area (Å²) in [6.07, 6.45) is 0. The van der Waals surface area contributed by atoms with Crippen LogP contribution in [-0.4, -0.2) is 0 Å². The van der Waals surface area contributed by atoms with Crippen LogP contribution in [-0.2, 0) is 0 Å². The summed E-state index contributed by atoms with van der Waals surface area (Å²) >= 11 is 36.5. The third kappa shape index (κ3) is 1.99. The van der Waals surface area contributed by atoms with Crippen LogP contribution in [0, 0.1) is 0 Å². The van der Waals surface area contributed by atoms with Crippen molar-refractivity contribution in [1.29, 1.82) is 0 Å². The molecule has 0 bridgehead atoms. The summed E-state index contributed by atoms with van der Waals surface area (Å²) in [6, 6.07) is 3.06. The van der Waals surface area contributed by atoms with Crippen LogP contribution in [0.4, 0.5) is 0 Å². The van der Waals surface area contributed by atoms with Gasteiger partial charge in [0.1, 0.15) is 10.0 Å². The average molecular weight is 375 g/mol. The van der Waals surface area contributed by atoms with Gasteiger partial charge >= 0.3 is 0 Å². The van der Waals surface area contributed by atoms with Crippen LogP contribution in [0.25, 0.3) is 21.9 Å². The first-order valence-electron chi connectivity index (χ1n) is 4.95. The molecule has 0 spiro atoms. The number of rotatable bonds is 0. The summed E-state index contributed by atoms with van der Waals surface area (Å²) in [5, 5.41) is 2.96. The third-order valence-corrected chi connectivity index (χ3v) is 4.85. The Morgan fingerprint density at radius 1 is 0.579 bits per heavy atom. The highest BCUT2D eigenvalue weighted by Crippen LogP contribution is 2.47. The Hall–Kier alpha value is -0.0200. The Balaban J connectivity index is 2.68. The second kappa shape index (κ2) is 4.77. The molecule has 0 radical (unpaired) electrons. The fourth-order valence-electron chi connectivity index (χ4n) is 1.91. The number of hydrogen-bond donors (Lipinski definition) is 0. The molecular formula is C12H2Cl6O. The van der Waals surface area contributed by atoms with Crippen LogP contribution < -0.4 is 0 Å². The van der Waals surface area contributed by atoms with Gasteiger partial charge in [0.05, 0.1) is 30.9 Å². The van der Waals surface area contributed by atoms with Gasteiger partial charge in [0, 0.05) is 0 Å². The quantitative estimate of drug-likeness (QED) is 0.371. The summed E-state index contributed by atoms with van der Waals surface area (Å²) < 4.78 is 5.64. The second-order valence-electron chi connectivity index (χ2n) is 3.82. The van der Waals surface area contributed by atoms with Gasteiger partial charge in [0.2, 0.25) is 0 Å². The molecule has 0 saturated carbocycles. The van der Waals surface area contributed by atoms with Crippen molar-refractivity contribution in [2.24, 2.45) is 0 Å². The van der Waals surface area contributed by atoms with E-state index in [0.717, 1.165) is 0 Å². The molecule has 0 aliphatic rings. The van der Waals surface area contributed by atoms with Gasteiger partial charge in [0.15, 0.2) is 11.2 Å². The van der Waals surface area contributed by atoms with Crippen molar-refractivity contribution >= 4 is 91.5 Å². The SMILES string of the molecule is Clc1cc(Cl)c2c(oc3c(Cl)c(Cl)cc(Cl)c32)c1Cl. The molecule has 7 heteroatoms. The molecular weight excluding hydrogens is 373 g/mol. The normalized spacial score (nSPS) is 11.7. The van der Waals surface area contributed by atoms with Crippen molar-refractivity contribution in [2.45, 2.75) is 0 Å². The summed E-state index contributed by atoms with van der Waals surface area (Å²) in [5.74, 6) is 0. The van der Waals surface area contributed by atoms with E-state index in [1.807, 2.05) is 0 Å². The molecule has 19 heavy (non-hydrogen) atoms. The minimum absolute atomic E-state index is 0.250. The van der Waals surface area contributed by atoms with Crippen LogP contribution in [0.5, 0.6) is 0 Å². The fourth-order valence-corrected chi connectivity index (χ4v) is 3.36. The number of furan rings is 1. The summed E-state index contributed by atoms with van der Waals surface area (Å²) in [6.45, 7) is 0. The van der Waals surface area contributed by atoms with Crippen LogP contribution in [0.3, 0.4) is 0 Å². The summed E-state index contributed by atoms with van der Waals surface area (Å²) in [7, 11) is 0. The van der Waals surface area contributed by atoms with Gasteiger partial charge in [-0.3, -0.25) is 0 Å². The molecule has 2 aromatic carbocycles. The lowest BCUT2D eigenvalue weighted by Gasteiger charge is -2.00. The van der Waals surface area contributed by atoms with E-state index in [9.17, 15) is 0 Å². The maximum absolute atomic E-state index is 6.18. The van der Waals surface area contributed by atoms with Crippen molar-refractivity contribution < 1.29 is 4.42 Å². The molecule has 1 aromatic heterocycles. The van der Waals surface area contributed by atoms with Gasteiger partial charge in [-0.15, -0.1) is 0 Å². The average Bonchev–Trinajstić information content (AvgIpc) is 2.75. The lowest BCUT2D eigenvalue weighted by atomic mass is 10.1. The maximum Gasteiger partial charge on any atom is 0.157 e. The zero-order chi connectivity index (χ0) is 13.9. The molecule has 3 rings (SSSR count). The van der Waals surface area contributed by atoms with Gasteiger partial charge in [-0.25, -0.2) is 0 Å². The minimum atomic E-state index is 0.250. The lowest BCUT2D eigenvalue weighted by molar-refractivity contribution is 0.669. The molecule has 0 fully saturated rings. The van der Waals surface area contributed by atoms with E-state index >= 15 is 0 Å². The molecule has 3 aromatic rings. The van der Waals surface area contributed by atoms with Crippen molar-refractivity contribution in [1.82, 2.24) is 0 Å². The first-order chi connectivity index (χ1) is 8.91. The van der Waals surface area contributed by atoms with Gasteiger partial charge in [-0.2, -0.15) is 0 Å². The van der Waals surface area contributed by atoms with Crippen molar-refractivity contribution in [3.05, 3.63) is 42.3 Å². The number of hydrogen-bond acceptors (Lipinski definition) is 1. The van der Waals surface area contributed by atoms with Crippen molar-refractivity contribution in [2.75, 3.05) is 0 Å². The lowest BCUT2D eigenvalue weighted by Crippen LogP contribution is -1.76. The molecule has 1 heterocycles. The first kappa shape index (κ1) is 13.9. The zero-order valence-corrected chi connectivity index (χ0v) is 13.4. The number of halogens is 6. The Morgan fingerprint density at radius 2 is 0.947 bits per heavy atom. The highest BCUT2D eigenvalue weighted by molar-refractivity contribution is 6.52. The van der Waals surface area contributed by atoms with Crippen molar-refractivity contribution in [3.8, 4) is 0 Å². The molecule has 0 unspecified atom stereocenters. The minimum Gasteiger partial charge on any atom is -0.453 e. The molecule has 0 atom stereocenters. The summed E-state index contributed by atoms with van der Waals surface area (Å²) in [5.41, 5.74) is 0.667. The Morgan fingerprint density at radius 3 is 1.32 bits per heavy atom. The van der Waals surface area contributed by atoms with E-state index < -0.39 is 0 Å². The van der Waals surface area contributed by atoms with Crippen LogP contribution >= 0.6 is 69.6 Å². The van der Waals surface area contributed by atoms with Crippen molar-refractivity contribution in [3.63, 3.8) is 0 Å². The van der Waals surface area contributed by atoms with E-state index in [0.29, 0.717) is 32.0 Å². The standard InChI is InChI=1S/C12H2Cl6O/c13-3-1-5(15)9(17)11-7(3)8-4(14)2-6(16)10(18)12(8)19-11/h1-2H. The maximum atomic E-state index is 6.18. The zero-order valence-electron chi connectivity index (χ0n) is 8.83. The van der Waals surface area contributed by atoms with E-state index in [2.05, 4.69) is 0 Å². The molecule has 0 aliphatic carbocycles. The number of fused-ring (bicyclic) bond motifs is 3. The monoisotopic (exact) mass is 372 g/mol. The molecule has 98 valence electrons. The second-order valence-corrected chi connectivity index (χ2v) is 6.20. The molecule has 1 nitrogen and oxygen atoms in total. The molecule has 0 N–H and O–H groups in total. The van der Waals surface area contributed by atoms with E-state index in [4.69, 9.17) is 74.0 Å². The molecule has 0 amide bonds. The number of benzene rings is 2. The van der Waals surface area contributed by atoms with Crippen LogP contribution in [0.2, 0.25) is 30.1 Å². The molecule has 0 saturated heterocycles. The fraction of sp³-hybridized carbons (Fsp3) is 0. The predicted molar refractivity (Wildman–Crippen MR) is 83.8 cm³/mol. The van der Waals surface area contributed by atoms with E-state index in [-0.39, 0.29) is 20.1 Å². The predicted octanol–water partition coefficient (Wildman–Crippen LogP) is 7.51. The third-order valence-electron chi connectivity index (χ3n) is 2.71. The van der Waals surface area contributed by atoms with E-state index in [1.165, 1.54) is 12.1 Å². The topological polar surface area (TPSA) is 13.1 Å². The van der Waals surface area contributed by atoms with Gasteiger partial charge < -0.3 is 4.42 Å². The van der Waals surface area contributed by atoms with Crippen LogP contribution in [0.1, 0.15) is 0 Å². The van der Waals surface area contributed by atoms with Gasteiger partial charge in [0.25, 0.3) is 0 Å². The summed E-state index contributed by atoms with van der Waals surface area (Å²) in [4.78, 5) is 0. The van der Waals surface area contributed by atoms with Gasteiger partial charge in [-0.1, -0.05) is 69.6 Å². The van der Waals surface area contributed by atoms with Crippen LogP contribution in [0.15, 0.2) is 16.5 Å². The smallest absolute Gasteiger partial charge is 0.157 e. The molecule has 0 aliphatic heterocycles. The first-order valence-corrected chi connectivity index (χ1v) is 7.21. The highest BCUT2D eigenvalue weighted by Gasteiger charge is 2.21. The largest absolute Gasteiger partial charge is 0.453 e. The Labute approximate surface area is 137 Å². The van der Waals surface area contributed by atoms with E-state index in [1.54, 1.807) is 0 Å². The Bertz CT molecular complexity index is 767. The highest BCUT2D eigenvalue weighted by atomic mass is 35.5.